The Hall–Kier alpha value is -0.900. The molecule has 1 aromatic rings. The van der Waals surface area contributed by atoms with Crippen molar-refractivity contribution in [3.8, 4) is 0 Å². The fraction of sp³-hybridized carbons (Fsp3) is 0.667. The van der Waals surface area contributed by atoms with Crippen LogP contribution in [0, 0.1) is 0 Å². The van der Waals surface area contributed by atoms with Crippen LogP contribution < -0.4 is 5.32 Å². The van der Waals surface area contributed by atoms with Crippen molar-refractivity contribution in [3.63, 3.8) is 0 Å². The molecule has 1 aliphatic heterocycles. The Kier molecular flexibility index (Phi) is 5.28. The van der Waals surface area contributed by atoms with Gasteiger partial charge in [0, 0.05) is 31.7 Å². The second kappa shape index (κ2) is 7.39. The van der Waals surface area contributed by atoms with Crippen molar-refractivity contribution < 1.29 is 5.11 Å². The molecule has 2 fully saturated rings. The minimum absolute atomic E-state index is 0.143. The van der Waals surface area contributed by atoms with Gasteiger partial charge in [-0.1, -0.05) is 49.6 Å². The Bertz CT molecular complexity index is 422. The van der Waals surface area contributed by atoms with Crippen molar-refractivity contribution in [1.82, 2.24) is 10.2 Å². The fourth-order valence-corrected chi connectivity index (χ4v) is 3.74. The second-order valence-electron chi connectivity index (χ2n) is 6.68. The van der Waals surface area contributed by atoms with Crippen molar-refractivity contribution in [2.45, 2.75) is 63.3 Å². The van der Waals surface area contributed by atoms with Gasteiger partial charge in [0.25, 0.3) is 0 Å². The molecule has 2 aliphatic rings. The van der Waals surface area contributed by atoms with E-state index in [0.29, 0.717) is 12.1 Å². The van der Waals surface area contributed by atoms with E-state index in [4.69, 9.17) is 0 Å². The molecule has 0 aromatic heterocycles. The van der Waals surface area contributed by atoms with Crippen LogP contribution in [-0.2, 0) is 6.54 Å². The topological polar surface area (TPSA) is 35.5 Å². The van der Waals surface area contributed by atoms with E-state index in [9.17, 15) is 5.11 Å². The molecule has 3 unspecified atom stereocenters. The number of hydrogen-bond acceptors (Lipinski definition) is 3. The van der Waals surface area contributed by atoms with Crippen molar-refractivity contribution in [1.29, 1.82) is 0 Å². The van der Waals surface area contributed by atoms with Crippen molar-refractivity contribution >= 4 is 0 Å². The first kappa shape index (κ1) is 15.0. The lowest BCUT2D eigenvalue weighted by atomic mass is 10.0. The average molecular weight is 288 g/mol. The van der Waals surface area contributed by atoms with Gasteiger partial charge in [0.05, 0.1) is 6.10 Å². The van der Waals surface area contributed by atoms with Gasteiger partial charge in [-0.05, 0) is 24.8 Å². The van der Waals surface area contributed by atoms with E-state index in [0.717, 1.165) is 32.5 Å². The van der Waals surface area contributed by atoms with Gasteiger partial charge in [0.2, 0.25) is 0 Å². The second-order valence-corrected chi connectivity index (χ2v) is 6.68. The summed E-state index contributed by atoms with van der Waals surface area (Å²) in [6.45, 7) is 3.32. The Morgan fingerprint density at radius 2 is 1.86 bits per heavy atom. The van der Waals surface area contributed by atoms with Crippen LogP contribution in [0.15, 0.2) is 30.3 Å². The zero-order chi connectivity index (χ0) is 14.5. The molecule has 1 aromatic carbocycles. The molecule has 21 heavy (non-hydrogen) atoms. The lowest BCUT2D eigenvalue weighted by Gasteiger charge is -2.26. The monoisotopic (exact) mass is 288 g/mol. The summed E-state index contributed by atoms with van der Waals surface area (Å²) in [5.41, 5.74) is 1.40. The molecule has 2 N–H and O–H groups in total. The first-order valence-corrected chi connectivity index (χ1v) is 8.51. The van der Waals surface area contributed by atoms with Gasteiger partial charge in [-0.15, -0.1) is 0 Å². The summed E-state index contributed by atoms with van der Waals surface area (Å²) in [6, 6.07) is 11.6. The van der Waals surface area contributed by atoms with Gasteiger partial charge in [-0.3, -0.25) is 4.90 Å². The Balaban J connectivity index is 1.48. The largest absolute Gasteiger partial charge is 0.392 e. The third kappa shape index (κ3) is 4.29. The van der Waals surface area contributed by atoms with Gasteiger partial charge in [-0.2, -0.15) is 0 Å². The molecule has 3 nitrogen and oxygen atoms in total. The third-order valence-electron chi connectivity index (χ3n) is 4.95. The fourth-order valence-electron chi connectivity index (χ4n) is 3.74. The first-order chi connectivity index (χ1) is 10.3. The van der Waals surface area contributed by atoms with Gasteiger partial charge in [0.15, 0.2) is 0 Å². The summed E-state index contributed by atoms with van der Waals surface area (Å²) in [4.78, 5) is 2.52. The lowest BCUT2D eigenvalue weighted by Crippen LogP contribution is -2.46. The average Bonchev–Trinajstić information content (AvgIpc) is 2.83. The zero-order valence-electron chi connectivity index (χ0n) is 12.9. The Morgan fingerprint density at radius 3 is 2.71 bits per heavy atom. The van der Waals surface area contributed by atoms with Crippen LogP contribution >= 0.6 is 0 Å². The number of hydrogen-bond donors (Lipinski definition) is 2. The first-order valence-electron chi connectivity index (χ1n) is 8.51. The molecule has 1 aliphatic carbocycles. The Labute approximate surface area is 128 Å². The molecule has 0 spiro atoms. The maximum absolute atomic E-state index is 10.2. The van der Waals surface area contributed by atoms with Crippen LogP contribution in [0.1, 0.15) is 44.1 Å². The quantitative estimate of drug-likeness (QED) is 0.836. The van der Waals surface area contributed by atoms with E-state index in [1.165, 1.54) is 31.2 Å². The van der Waals surface area contributed by atoms with Crippen molar-refractivity contribution in [2.75, 3.05) is 13.1 Å². The number of likely N-dealkylation sites (tertiary alicyclic amines) is 1. The van der Waals surface area contributed by atoms with Crippen LogP contribution in [0.3, 0.4) is 0 Å². The maximum Gasteiger partial charge on any atom is 0.0693 e. The molecule has 0 amide bonds. The predicted octanol–water partition coefficient (Wildman–Crippen LogP) is 2.54. The van der Waals surface area contributed by atoms with E-state index in [1.807, 2.05) is 0 Å². The molecule has 116 valence electrons. The minimum Gasteiger partial charge on any atom is -0.392 e. The molecule has 0 radical (unpaired) electrons. The smallest absolute Gasteiger partial charge is 0.0693 e. The van der Waals surface area contributed by atoms with E-state index in [-0.39, 0.29) is 6.10 Å². The molecular weight excluding hydrogens is 260 g/mol. The predicted molar refractivity (Wildman–Crippen MR) is 86.1 cm³/mol. The maximum atomic E-state index is 10.2. The highest BCUT2D eigenvalue weighted by Gasteiger charge is 2.28. The highest BCUT2D eigenvalue weighted by Crippen LogP contribution is 2.20. The summed E-state index contributed by atoms with van der Waals surface area (Å²) in [5, 5.41) is 14.0. The molecule has 1 heterocycles. The van der Waals surface area contributed by atoms with Gasteiger partial charge >= 0.3 is 0 Å². The number of aliphatic hydroxyl groups excluding tert-OH is 1. The molecule has 3 heteroatoms. The molecule has 1 saturated heterocycles. The number of rotatable bonds is 4. The van der Waals surface area contributed by atoms with Crippen LogP contribution in [0.5, 0.6) is 0 Å². The minimum atomic E-state index is -0.143. The standard InChI is InChI=1S/C18H28N2O/c21-18-10-6-2-5-9-17(18)19-16-11-12-20(14-16)13-15-7-3-1-4-8-15/h1,3-4,7-8,16-19,21H,2,5-6,9-14H2. The van der Waals surface area contributed by atoms with E-state index in [1.54, 1.807) is 0 Å². The highest BCUT2D eigenvalue weighted by molar-refractivity contribution is 5.14. The van der Waals surface area contributed by atoms with E-state index >= 15 is 0 Å². The summed E-state index contributed by atoms with van der Waals surface area (Å²) in [7, 11) is 0. The number of nitrogens with zero attached hydrogens (tertiary/aromatic N) is 1. The van der Waals surface area contributed by atoms with E-state index in [2.05, 4.69) is 40.5 Å². The van der Waals surface area contributed by atoms with Crippen molar-refractivity contribution in [3.05, 3.63) is 35.9 Å². The number of nitrogens with one attached hydrogen (secondary N) is 1. The third-order valence-corrected chi connectivity index (χ3v) is 4.95. The lowest BCUT2D eigenvalue weighted by molar-refractivity contribution is 0.113. The Morgan fingerprint density at radius 1 is 1.05 bits per heavy atom. The molecule has 1 saturated carbocycles. The van der Waals surface area contributed by atoms with E-state index < -0.39 is 0 Å². The van der Waals surface area contributed by atoms with Gasteiger partial charge in [0.1, 0.15) is 0 Å². The highest BCUT2D eigenvalue weighted by atomic mass is 16.3. The SMILES string of the molecule is OC1CCCCCC1NC1CCN(Cc2ccccc2)C1. The summed E-state index contributed by atoms with van der Waals surface area (Å²) >= 11 is 0. The zero-order valence-corrected chi connectivity index (χ0v) is 12.9. The van der Waals surface area contributed by atoms with Gasteiger partial charge < -0.3 is 10.4 Å². The van der Waals surface area contributed by atoms with Crippen LogP contribution in [0.25, 0.3) is 0 Å². The van der Waals surface area contributed by atoms with Crippen LogP contribution in [0.4, 0.5) is 0 Å². The summed E-state index contributed by atoms with van der Waals surface area (Å²) in [6.07, 6.45) is 6.89. The van der Waals surface area contributed by atoms with Crippen LogP contribution in [-0.4, -0.2) is 41.3 Å². The molecular formula is C18H28N2O. The molecule has 3 atom stereocenters. The number of benzene rings is 1. The van der Waals surface area contributed by atoms with Crippen molar-refractivity contribution in [2.24, 2.45) is 0 Å². The number of aliphatic hydroxyl groups is 1. The van der Waals surface area contributed by atoms with Gasteiger partial charge in [-0.25, -0.2) is 0 Å². The molecule has 3 rings (SSSR count). The normalized spacial score (nSPS) is 31.2. The summed E-state index contributed by atoms with van der Waals surface area (Å²) < 4.78 is 0. The van der Waals surface area contributed by atoms with Crippen LogP contribution in [0.2, 0.25) is 0 Å². The summed E-state index contributed by atoms with van der Waals surface area (Å²) in [5.74, 6) is 0. The molecule has 0 bridgehead atoms.